The fourth-order valence-corrected chi connectivity index (χ4v) is 1.96. The molecule has 19 heavy (non-hydrogen) atoms. The van der Waals surface area contributed by atoms with Gasteiger partial charge in [-0.1, -0.05) is 45.4 Å². The molecule has 5 nitrogen and oxygen atoms in total. The Morgan fingerprint density at radius 3 is 2.16 bits per heavy atom. The van der Waals surface area contributed by atoms with Crippen LogP contribution in [-0.4, -0.2) is 24.4 Å². The van der Waals surface area contributed by atoms with Gasteiger partial charge in [-0.15, -0.1) is 0 Å². The van der Waals surface area contributed by atoms with E-state index in [4.69, 9.17) is 11.5 Å². The van der Waals surface area contributed by atoms with E-state index in [0.717, 1.165) is 12.8 Å². The van der Waals surface area contributed by atoms with E-state index in [-0.39, 0.29) is 5.91 Å². The van der Waals surface area contributed by atoms with Gasteiger partial charge < -0.3 is 16.8 Å². The zero-order chi connectivity index (χ0) is 14.5. The molecule has 0 aliphatic heterocycles. The van der Waals surface area contributed by atoms with Crippen molar-refractivity contribution in [2.45, 2.75) is 70.8 Å². The topological polar surface area (TPSA) is 98.2 Å². The van der Waals surface area contributed by atoms with Crippen LogP contribution in [0.15, 0.2) is 0 Å². The van der Waals surface area contributed by atoms with Crippen molar-refractivity contribution in [3.8, 4) is 0 Å². The quantitative estimate of drug-likeness (QED) is 0.468. The number of primary amides is 1. The summed E-state index contributed by atoms with van der Waals surface area (Å²) in [5, 5.41) is 2.64. The highest BCUT2D eigenvalue weighted by Crippen LogP contribution is 2.08. The molecule has 0 aromatic heterocycles. The van der Waals surface area contributed by atoms with Crippen LogP contribution in [-0.2, 0) is 9.59 Å². The van der Waals surface area contributed by atoms with Gasteiger partial charge in [-0.25, -0.2) is 0 Å². The van der Waals surface area contributed by atoms with E-state index in [9.17, 15) is 9.59 Å². The summed E-state index contributed by atoms with van der Waals surface area (Å²) in [7, 11) is 0. The molecular formula is C14H29N3O2. The van der Waals surface area contributed by atoms with Gasteiger partial charge >= 0.3 is 0 Å². The van der Waals surface area contributed by atoms with Crippen LogP contribution >= 0.6 is 0 Å². The fourth-order valence-electron chi connectivity index (χ4n) is 1.96. The molecule has 0 aliphatic rings. The van der Waals surface area contributed by atoms with Crippen LogP contribution in [0.2, 0.25) is 0 Å². The molecule has 0 aliphatic carbocycles. The number of hydrogen-bond donors (Lipinski definition) is 3. The van der Waals surface area contributed by atoms with E-state index in [1.54, 1.807) is 0 Å². The van der Waals surface area contributed by atoms with E-state index in [0.29, 0.717) is 19.4 Å². The van der Waals surface area contributed by atoms with Gasteiger partial charge in [0.05, 0.1) is 0 Å². The third-order valence-corrected chi connectivity index (χ3v) is 3.14. The third-order valence-electron chi connectivity index (χ3n) is 3.14. The summed E-state index contributed by atoms with van der Waals surface area (Å²) in [5.41, 5.74) is 10.5. The Morgan fingerprint density at radius 1 is 1.05 bits per heavy atom. The standard InChI is InChI=1S/C14H29N3O2/c1-2-3-4-5-6-7-8-9-13(18)17-12(10-11-15)14(16)19/h12H,2-11,15H2,1H3,(H2,16,19)(H,17,18)/t12-/m1/s1. The number of hydrogen-bond acceptors (Lipinski definition) is 3. The predicted molar refractivity (Wildman–Crippen MR) is 77.4 cm³/mol. The average Bonchev–Trinajstić information content (AvgIpc) is 2.37. The summed E-state index contributed by atoms with van der Waals surface area (Å²) in [6.07, 6.45) is 9.03. The third kappa shape index (κ3) is 10.5. The number of nitrogens with one attached hydrogen (secondary N) is 1. The van der Waals surface area contributed by atoms with Crippen LogP contribution < -0.4 is 16.8 Å². The Hall–Kier alpha value is -1.10. The molecule has 112 valence electrons. The van der Waals surface area contributed by atoms with Crippen LogP contribution in [0.3, 0.4) is 0 Å². The first-order valence-electron chi connectivity index (χ1n) is 7.40. The second kappa shape index (κ2) is 12.0. The van der Waals surface area contributed by atoms with Crippen LogP contribution in [0.1, 0.15) is 64.7 Å². The molecule has 0 fully saturated rings. The number of unbranched alkanes of at least 4 members (excludes halogenated alkanes) is 6. The van der Waals surface area contributed by atoms with Crippen molar-refractivity contribution in [3.63, 3.8) is 0 Å². The van der Waals surface area contributed by atoms with Gasteiger partial charge in [-0.05, 0) is 19.4 Å². The molecule has 0 bridgehead atoms. The van der Waals surface area contributed by atoms with E-state index in [2.05, 4.69) is 12.2 Å². The van der Waals surface area contributed by atoms with E-state index >= 15 is 0 Å². The van der Waals surface area contributed by atoms with Crippen molar-refractivity contribution < 1.29 is 9.59 Å². The second-order valence-corrected chi connectivity index (χ2v) is 4.97. The number of carbonyl (C=O) groups is 2. The van der Waals surface area contributed by atoms with Crippen LogP contribution in [0.5, 0.6) is 0 Å². The maximum Gasteiger partial charge on any atom is 0.240 e. The lowest BCUT2D eigenvalue weighted by atomic mass is 10.1. The van der Waals surface area contributed by atoms with Gasteiger partial charge in [0.15, 0.2) is 0 Å². The fraction of sp³-hybridized carbons (Fsp3) is 0.857. The van der Waals surface area contributed by atoms with Gasteiger partial charge in [0.1, 0.15) is 6.04 Å². The normalized spacial score (nSPS) is 12.1. The smallest absolute Gasteiger partial charge is 0.240 e. The van der Waals surface area contributed by atoms with Crippen LogP contribution in [0, 0.1) is 0 Å². The molecule has 5 heteroatoms. The van der Waals surface area contributed by atoms with Gasteiger partial charge in [0.2, 0.25) is 11.8 Å². The van der Waals surface area contributed by atoms with Crippen molar-refractivity contribution in [2.75, 3.05) is 6.54 Å². The number of carbonyl (C=O) groups excluding carboxylic acids is 2. The lowest BCUT2D eigenvalue weighted by Crippen LogP contribution is -2.45. The van der Waals surface area contributed by atoms with E-state index in [1.165, 1.54) is 32.1 Å². The van der Waals surface area contributed by atoms with E-state index < -0.39 is 11.9 Å². The lowest BCUT2D eigenvalue weighted by Gasteiger charge is -2.14. The Labute approximate surface area is 116 Å². The number of rotatable bonds is 12. The molecule has 0 heterocycles. The summed E-state index contributed by atoms with van der Waals surface area (Å²) in [4.78, 5) is 22.7. The SMILES string of the molecule is CCCCCCCCCC(=O)N[C@H](CCN)C(N)=O. The van der Waals surface area contributed by atoms with Gasteiger partial charge in [-0.3, -0.25) is 9.59 Å². The van der Waals surface area contributed by atoms with Crippen molar-refractivity contribution in [3.05, 3.63) is 0 Å². The first-order valence-corrected chi connectivity index (χ1v) is 7.40. The summed E-state index contributed by atoms with van der Waals surface area (Å²) < 4.78 is 0. The number of amides is 2. The maximum absolute atomic E-state index is 11.6. The Morgan fingerprint density at radius 2 is 1.63 bits per heavy atom. The zero-order valence-electron chi connectivity index (χ0n) is 12.1. The van der Waals surface area contributed by atoms with Gasteiger partial charge in [0.25, 0.3) is 0 Å². The first-order chi connectivity index (χ1) is 9.11. The molecule has 0 rings (SSSR count). The molecule has 0 saturated heterocycles. The molecule has 1 atom stereocenters. The summed E-state index contributed by atoms with van der Waals surface area (Å²) in [6, 6.07) is -0.623. The number of nitrogens with two attached hydrogens (primary N) is 2. The molecule has 0 aromatic rings. The monoisotopic (exact) mass is 271 g/mol. The van der Waals surface area contributed by atoms with Gasteiger partial charge in [0, 0.05) is 6.42 Å². The van der Waals surface area contributed by atoms with Crippen molar-refractivity contribution in [1.82, 2.24) is 5.32 Å². The highest BCUT2D eigenvalue weighted by Gasteiger charge is 2.16. The Bertz CT molecular complexity index is 257. The minimum atomic E-state index is -0.623. The lowest BCUT2D eigenvalue weighted by molar-refractivity contribution is -0.127. The molecule has 0 aromatic carbocycles. The Kier molecular flexibility index (Phi) is 11.3. The predicted octanol–water partition coefficient (Wildman–Crippen LogP) is 1.45. The molecule has 2 amide bonds. The highest BCUT2D eigenvalue weighted by molar-refractivity contribution is 5.86. The second-order valence-electron chi connectivity index (χ2n) is 4.97. The maximum atomic E-state index is 11.6. The summed E-state index contributed by atoms with van der Waals surface area (Å²) in [5.74, 6) is -0.621. The molecule has 5 N–H and O–H groups in total. The van der Waals surface area contributed by atoms with Crippen molar-refractivity contribution >= 4 is 11.8 Å². The zero-order valence-corrected chi connectivity index (χ0v) is 12.1. The van der Waals surface area contributed by atoms with Gasteiger partial charge in [-0.2, -0.15) is 0 Å². The minimum Gasteiger partial charge on any atom is -0.368 e. The molecule has 0 unspecified atom stereocenters. The largest absolute Gasteiger partial charge is 0.368 e. The molecular weight excluding hydrogens is 242 g/mol. The Balaban J connectivity index is 3.60. The average molecular weight is 271 g/mol. The first kappa shape index (κ1) is 17.9. The molecule has 0 spiro atoms. The van der Waals surface area contributed by atoms with Crippen molar-refractivity contribution in [1.29, 1.82) is 0 Å². The molecule has 0 radical (unpaired) electrons. The highest BCUT2D eigenvalue weighted by atomic mass is 16.2. The summed E-state index contributed by atoms with van der Waals surface area (Å²) in [6.45, 7) is 2.53. The van der Waals surface area contributed by atoms with E-state index in [1.807, 2.05) is 0 Å². The van der Waals surface area contributed by atoms with Crippen LogP contribution in [0.4, 0.5) is 0 Å². The summed E-state index contributed by atoms with van der Waals surface area (Å²) >= 11 is 0. The minimum absolute atomic E-state index is 0.106. The van der Waals surface area contributed by atoms with Crippen LogP contribution in [0.25, 0.3) is 0 Å². The molecule has 0 saturated carbocycles. The van der Waals surface area contributed by atoms with Crippen molar-refractivity contribution in [2.24, 2.45) is 11.5 Å².